The Bertz CT molecular complexity index is 849. The van der Waals surface area contributed by atoms with E-state index in [1.165, 1.54) is 18.7 Å². The monoisotopic (exact) mass is 312 g/mol. The summed E-state index contributed by atoms with van der Waals surface area (Å²) in [6, 6.07) is 0. The van der Waals surface area contributed by atoms with Crippen LogP contribution in [0.3, 0.4) is 0 Å². The number of imidazole rings is 1. The highest BCUT2D eigenvalue weighted by Crippen LogP contribution is 2.21. The first-order valence-electron chi connectivity index (χ1n) is 5.65. The maximum atomic E-state index is 12.0. The van der Waals surface area contributed by atoms with Crippen LogP contribution in [0.4, 0.5) is 0 Å². The van der Waals surface area contributed by atoms with Crippen molar-refractivity contribution in [3.8, 4) is 0 Å². The van der Waals surface area contributed by atoms with Crippen molar-refractivity contribution in [2.45, 2.75) is 10.4 Å². The smallest absolute Gasteiger partial charge is 0.332 e. The molecule has 112 valence electrons. The Balaban J connectivity index is 2.59. The largest absolute Gasteiger partial charge is 0.368 e. The van der Waals surface area contributed by atoms with Gasteiger partial charge >= 0.3 is 5.69 Å². The van der Waals surface area contributed by atoms with E-state index < -0.39 is 28.3 Å². The highest BCUT2D eigenvalue weighted by Gasteiger charge is 2.25. The molecule has 0 saturated carbocycles. The molecule has 0 fully saturated rings. The van der Waals surface area contributed by atoms with Gasteiger partial charge in [-0.3, -0.25) is 23.5 Å². The number of primary amides is 2. The maximum absolute atomic E-state index is 12.0. The summed E-state index contributed by atoms with van der Waals surface area (Å²) in [5.41, 5.74) is 9.20. The maximum Gasteiger partial charge on any atom is 0.332 e. The molecule has 0 aliphatic rings. The van der Waals surface area contributed by atoms with E-state index in [0.717, 1.165) is 4.57 Å². The van der Waals surface area contributed by atoms with Crippen molar-refractivity contribution in [2.75, 3.05) is 0 Å². The van der Waals surface area contributed by atoms with Crippen LogP contribution in [0.1, 0.15) is 0 Å². The first-order valence-corrected chi connectivity index (χ1v) is 6.53. The number of H-pyrrole nitrogens is 1. The predicted molar refractivity (Wildman–Crippen MR) is 74.6 cm³/mol. The molecule has 0 saturated heterocycles. The minimum atomic E-state index is -1.33. The fourth-order valence-corrected chi connectivity index (χ4v) is 2.48. The molecule has 10 nitrogen and oxygen atoms in total. The number of fused-ring (bicyclic) bond motifs is 1. The molecule has 21 heavy (non-hydrogen) atoms. The number of aromatic nitrogens is 4. The molecule has 0 spiro atoms. The van der Waals surface area contributed by atoms with Gasteiger partial charge in [0.25, 0.3) is 5.56 Å². The summed E-state index contributed by atoms with van der Waals surface area (Å²) in [6.07, 6.45) is 0. The molecule has 2 rings (SSSR count). The summed E-state index contributed by atoms with van der Waals surface area (Å²) in [5, 5.41) is -1.24. The number of aromatic amines is 1. The zero-order valence-corrected chi connectivity index (χ0v) is 11.9. The standard InChI is InChI=1S/C10H12N6O4S/c1-15-7-3(8(19)16(2)10(15)20)13-9(14-7)21-4(5(11)17)6(12)18/h4H,1-2H3,(H2,11,17)(H2,12,18)(H,13,14). The molecule has 11 heteroatoms. The van der Waals surface area contributed by atoms with E-state index in [0.29, 0.717) is 11.8 Å². The third-order valence-corrected chi connectivity index (χ3v) is 3.94. The molecular weight excluding hydrogens is 300 g/mol. The molecule has 0 bridgehead atoms. The first kappa shape index (κ1) is 14.8. The molecule has 0 radical (unpaired) electrons. The summed E-state index contributed by atoms with van der Waals surface area (Å²) >= 11 is 0.681. The molecule has 2 amide bonds. The van der Waals surface area contributed by atoms with Crippen LogP contribution in [0.2, 0.25) is 0 Å². The van der Waals surface area contributed by atoms with E-state index in [4.69, 9.17) is 11.5 Å². The number of carbonyl (C=O) groups excluding carboxylic acids is 2. The van der Waals surface area contributed by atoms with Gasteiger partial charge in [-0.25, -0.2) is 9.78 Å². The Morgan fingerprint density at radius 2 is 1.76 bits per heavy atom. The van der Waals surface area contributed by atoms with Gasteiger partial charge in [0, 0.05) is 14.1 Å². The van der Waals surface area contributed by atoms with Gasteiger partial charge in [-0.15, -0.1) is 0 Å². The van der Waals surface area contributed by atoms with E-state index in [1.54, 1.807) is 0 Å². The quantitative estimate of drug-likeness (QED) is 0.414. The summed E-state index contributed by atoms with van der Waals surface area (Å²) in [4.78, 5) is 52.7. The van der Waals surface area contributed by atoms with Crippen LogP contribution >= 0.6 is 11.8 Å². The Hall–Kier alpha value is -2.56. The molecule has 0 atom stereocenters. The van der Waals surface area contributed by atoms with Crippen LogP contribution in [0.5, 0.6) is 0 Å². The first-order chi connectivity index (χ1) is 9.73. The van der Waals surface area contributed by atoms with Gasteiger partial charge in [-0.2, -0.15) is 0 Å². The highest BCUT2D eigenvalue weighted by molar-refractivity contribution is 8.01. The molecule has 0 unspecified atom stereocenters. The number of rotatable bonds is 4. The lowest BCUT2D eigenvalue weighted by Gasteiger charge is -2.05. The molecule has 2 heterocycles. The van der Waals surface area contributed by atoms with Gasteiger partial charge in [0.2, 0.25) is 11.8 Å². The van der Waals surface area contributed by atoms with Crippen molar-refractivity contribution in [2.24, 2.45) is 25.6 Å². The van der Waals surface area contributed by atoms with Crippen molar-refractivity contribution in [3.05, 3.63) is 20.8 Å². The van der Waals surface area contributed by atoms with Crippen molar-refractivity contribution in [1.82, 2.24) is 19.1 Å². The number of nitrogens with zero attached hydrogens (tertiary/aromatic N) is 3. The molecular formula is C10H12N6O4S. The van der Waals surface area contributed by atoms with Gasteiger partial charge in [0.1, 0.15) is 0 Å². The zero-order valence-electron chi connectivity index (χ0n) is 11.1. The van der Waals surface area contributed by atoms with Crippen LogP contribution in [0.15, 0.2) is 14.7 Å². The van der Waals surface area contributed by atoms with Gasteiger partial charge < -0.3 is 16.5 Å². The Morgan fingerprint density at radius 3 is 2.29 bits per heavy atom. The van der Waals surface area contributed by atoms with E-state index in [2.05, 4.69) is 9.97 Å². The zero-order chi connectivity index (χ0) is 15.9. The van der Waals surface area contributed by atoms with Crippen LogP contribution in [0.25, 0.3) is 11.2 Å². The van der Waals surface area contributed by atoms with Crippen molar-refractivity contribution in [3.63, 3.8) is 0 Å². The molecule has 0 aromatic carbocycles. The third kappa shape index (κ3) is 2.42. The van der Waals surface area contributed by atoms with Crippen molar-refractivity contribution < 1.29 is 9.59 Å². The minimum Gasteiger partial charge on any atom is -0.368 e. The average Bonchev–Trinajstić information content (AvgIpc) is 2.83. The van der Waals surface area contributed by atoms with E-state index in [1.807, 2.05) is 0 Å². The number of nitrogens with two attached hydrogens (primary N) is 2. The Morgan fingerprint density at radius 1 is 1.19 bits per heavy atom. The molecule has 5 N–H and O–H groups in total. The minimum absolute atomic E-state index is 0.0785. The molecule has 2 aromatic heterocycles. The molecule has 0 aliphatic carbocycles. The predicted octanol–water partition coefficient (Wildman–Crippen LogP) is -2.61. The van der Waals surface area contributed by atoms with Gasteiger partial charge in [0.05, 0.1) is 0 Å². The summed E-state index contributed by atoms with van der Waals surface area (Å²) in [7, 11) is 2.77. The van der Waals surface area contributed by atoms with Crippen LogP contribution in [-0.2, 0) is 23.7 Å². The topological polar surface area (TPSA) is 159 Å². The fraction of sp³-hybridized carbons (Fsp3) is 0.300. The number of aryl methyl sites for hydroxylation is 1. The SMILES string of the molecule is Cn1c(=O)c2[nH]c(SC(C(N)=O)C(N)=O)nc2n(C)c1=O. The number of amides is 2. The number of hydrogen-bond donors (Lipinski definition) is 3. The van der Waals surface area contributed by atoms with E-state index in [-0.39, 0.29) is 16.3 Å². The summed E-state index contributed by atoms with van der Waals surface area (Å²) < 4.78 is 2.08. The summed E-state index contributed by atoms with van der Waals surface area (Å²) in [6.45, 7) is 0. The molecule has 2 aromatic rings. The number of hydrogen-bond acceptors (Lipinski definition) is 6. The van der Waals surface area contributed by atoms with Gasteiger partial charge in [-0.1, -0.05) is 11.8 Å². The second-order valence-corrected chi connectivity index (χ2v) is 5.34. The highest BCUT2D eigenvalue weighted by atomic mass is 32.2. The van der Waals surface area contributed by atoms with Crippen LogP contribution < -0.4 is 22.7 Å². The van der Waals surface area contributed by atoms with Crippen molar-refractivity contribution >= 4 is 34.7 Å². The second kappa shape index (κ2) is 5.09. The van der Waals surface area contributed by atoms with Crippen LogP contribution in [-0.4, -0.2) is 36.2 Å². The van der Waals surface area contributed by atoms with Crippen LogP contribution in [0, 0.1) is 0 Å². The van der Waals surface area contributed by atoms with Crippen molar-refractivity contribution in [1.29, 1.82) is 0 Å². The lowest BCUT2D eigenvalue weighted by Crippen LogP contribution is -2.37. The van der Waals surface area contributed by atoms with Gasteiger partial charge in [-0.05, 0) is 0 Å². The third-order valence-electron chi connectivity index (χ3n) is 2.82. The summed E-state index contributed by atoms with van der Waals surface area (Å²) in [5.74, 6) is -1.84. The number of thioether (sulfide) groups is 1. The number of nitrogens with one attached hydrogen (secondary N) is 1. The van der Waals surface area contributed by atoms with E-state index in [9.17, 15) is 19.2 Å². The lowest BCUT2D eigenvalue weighted by atomic mass is 10.4. The average molecular weight is 312 g/mol. The van der Waals surface area contributed by atoms with Gasteiger partial charge in [0.15, 0.2) is 21.6 Å². The van der Waals surface area contributed by atoms with E-state index >= 15 is 0 Å². The molecule has 0 aliphatic heterocycles. The number of carbonyl (C=O) groups is 2. The lowest BCUT2D eigenvalue weighted by molar-refractivity contribution is -0.125. The fourth-order valence-electron chi connectivity index (χ4n) is 1.73. The Labute approximate surface area is 121 Å². The normalized spacial score (nSPS) is 11.2. The Kier molecular flexibility index (Phi) is 3.60. The second-order valence-electron chi connectivity index (χ2n) is 4.25.